The van der Waals surface area contributed by atoms with Gasteiger partial charge in [-0.05, 0) is 37.4 Å². The fraction of sp³-hybridized carbons (Fsp3) is 0.591. The van der Waals surface area contributed by atoms with Crippen LogP contribution in [-0.4, -0.2) is 75.9 Å². The molecule has 0 bridgehead atoms. The number of carbonyl (C=O) groups is 3. The molecule has 0 spiro atoms. The number of hydrogen-bond acceptors (Lipinski definition) is 6. The van der Waals surface area contributed by atoms with Gasteiger partial charge in [-0.2, -0.15) is 0 Å². The summed E-state index contributed by atoms with van der Waals surface area (Å²) in [6.07, 6.45) is 2.34. The molecular weight excluding hydrogens is 384 g/mol. The molecular formula is C22H36N4O4. The Morgan fingerprint density at radius 2 is 1.93 bits per heavy atom. The molecule has 0 saturated carbocycles. The predicted molar refractivity (Wildman–Crippen MR) is 118 cm³/mol. The number of carbonyl (C=O) groups excluding carboxylic acids is 3. The lowest BCUT2D eigenvalue weighted by molar-refractivity contribution is -0.134. The maximum Gasteiger partial charge on any atom is 0.240 e. The smallest absolute Gasteiger partial charge is 0.240 e. The summed E-state index contributed by atoms with van der Waals surface area (Å²) in [5.74, 6) is 0.794. The molecule has 8 nitrogen and oxygen atoms in total. The highest BCUT2D eigenvalue weighted by atomic mass is 16.5. The van der Waals surface area contributed by atoms with Crippen LogP contribution in [0.1, 0.15) is 25.8 Å². The normalized spacial score (nSPS) is 11.8. The monoisotopic (exact) mass is 420 g/mol. The number of aldehydes is 1. The summed E-state index contributed by atoms with van der Waals surface area (Å²) in [5.41, 5.74) is 1.09. The number of hydrogen-bond donors (Lipinski definition) is 3. The first-order valence-corrected chi connectivity index (χ1v) is 10.4. The van der Waals surface area contributed by atoms with Crippen molar-refractivity contribution in [1.29, 1.82) is 0 Å². The first-order valence-electron chi connectivity index (χ1n) is 10.4. The fourth-order valence-electron chi connectivity index (χ4n) is 3.00. The molecule has 168 valence electrons. The molecule has 1 unspecified atom stereocenters. The van der Waals surface area contributed by atoms with Crippen LogP contribution >= 0.6 is 0 Å². The maximum absolute atomic E-state index is 12.5. The Balaban J connectivity index is 2.47. The number of nitrogens with zero attached hydrogens (tertiary/aromatic N) is 1. The molecule has 0 fully saturated rings. The standard InChI is InChI=1S/C22H36N4O4/c1-17(2)21(22(29)26(4)13-14-27)25-12-15-30-19-10-6-5-8-18(19)9-7-11-24-20(28)16-23-3/h5-6,8,10,14,17,21,23,25H,7,9,11-13,15-16H2,1-4H3,(H,24,28). The summed E-state index contributed by atoms with van der Waals surface area (Å²) in [6.45, 7) is 5.89. The van der Waals surface area contributed by atoms with Gasteiger partial charge in [0.15, 0.2) is 0 Å². The molecule has 8 heteroatoms. The van der Waals surface area contributed by atoms with E-state index in [1.54, 1.807) is 14.1 Å². The molecule has 0 heterocycles. The predicted octanol–water partition coefficient (Wildman–Crippen LogP) is 0.605. The minimum absolute atomic E-state index is 0.0128. The number of benzene rings is 1. The summed E-state index contributed by atoms with van der Waals surface area (Å²) >= 11 is 0. The van der Waals surface area contributed by atoms with Crippen LogP contribution in [0.5, 0.6) is 5.75 Å². The Morgan fingerprint density at radius 1 is 1.20 bits per heavy atom. The Hall–Kier alpha value is -2.45. The third-order valence-corrected chi connectivity index (χ3v) is 4.64. The van der Waals surface area contributed by atoms with Gasteiger partial charge in [-0.3, -0.25) is 9.59 Å². The molecule has 1 aromatic carbocycles. The quantitative estimate of drug-likeness (QED) is 0.284. The number of aryl methyl sites for hydroxylation is 1. The van der Waals surface area contributed by atoms with Gasteiger partial charge in [-0.1, -0.05) is 32.0 Å². The van der Waals surface area contributed by atoms with E-state index in [-0.39, 0.29) is 30.3 Å². The van der Waals surface area contributed by atoms with E-state index in [2.05, 4.69) is 16.0 Å². The maximum atomic E-state index is 12.5. The van der Waals surface area contributed by atoms with Gasteiger partial charge < -0.3 is 30.4 Å². The lowest BCUT2D eigenvalue weighted by Crippen LogP contribution is -2.49. The van der Waals surface area contributed by atoms with E-state index >= 15 is 0 Å². The first kappa shape index (κ1) is 25.6. The Bertz CT molecular complexity index is 666. The highest BCUT2D eigenvalue weighted by Gasteiger charge is 2.24. The molecule has 0 aliphatic heterocycles. The van der Waals surface area contributed by atoms with Gasteiger partial charge in [-0.25, -0.2) is 0 Å². The molecule has 0 aliphatic carbocycles. The van der Waals surface area contributed by atoms with Crippen LogP contribution in [-0.2, 0) is 20.8 Å². The van der Waals surface area contributed by atoms with E-state index in [9.17, 15) is 14.4 Å². The zero-order chi connectivity index (χ0) is 22.4. The first-order chi connectivity index (χ1) is 14.4. The van der Waals surface area contributed by atoms with Crippen molar-refractivity contribution < 1.29 is 19.1 Å². The third kappa shape index (κ3) is 9.37. The van der Waals surface area contributed by atoms with Gasteiger partial charge in [0.05, 0.1) is 19.1 Å². The largest absolute Gasteiger partial charge is 0.492 e. The molecule has 30 heavy (non-hydrogen) atoms. The minimum atomic E-state index is -0.366. The van der Waals surface area contributed by atoms with Crippen molar-refractivity contribution in [2.24, 2.45) is 5.92 Å². The van der Waals surface area contributed by atoms with Crippen LogP contribution < -0.4 is 20.7 Å². The van der Waals surface area contributed by atoms with Gasteiger partial charge in [0.25, 0.3) is 0 Å². The highest BCUT2D eigenvalue weighted by molar-refractivity contribution is 5.83. The van der Waals surface area contributed by atoms with Crippen LogP contribution in [0.25, 0.3) is 0 Å². The third-order valence-electron chi connectivity index (χ3n) is 4.64. The topological polar surface area (TPSA) is 99.8 Å². The highest BCUT2D eigenvalue weighted by Crippen LogP contribution is 2.19. The van der Waals surface area contributed by atoms with E-state index in [0.717, 1.165) is 30.4 Å². The van der Waals surface area contributed by atoms with Crippen LogP contribution in [0.2, 0.25) is 0 Å². The number of amides is 2. The number of rotatable bonds is 15. The van der Waals surface area contributed by atoms with Crippen LogP contribution in [0.4, 0.5) is 0 Å². The minimum Gasteiger partial charge on any atom is -0.492 e. The summed E-state index contributed by atoms with van der Waals surface area (Å²) in [7, 11) is 3.37. The van der Waals surface area contributed by atoms with Crippen LogP contribution in [0.3, 0.4) is 0 Å². The summed E-state index contributed by atoms with van der Waals surface area (Å²) in [4.78, 5) is 36.0. The van der Waals surface area contributed by atoms with Crippen molar-refractivity contribution in [2.45, 2.75) is 32.7 Å². The van der Waals surface area contributed by atoms with Gasteiger partial charge in [-0.15, -0.1) is 0 Å². The lowest BCUT2D eigenvalue weighted by atomic mass is 10.0. The Labute approximate surface area is 179 Å². The molecule has 0 saturated heterocycles. The molecule has 1 atom stereocenters. The van der Waals surface area contributed by atoms with Gasteiger partial charge in [0, 0.05) is 20.1 Å². The van der Waals surface area contributed by atoms with Crippen molar-refractivity contribution in [1.82, 2.24) is 20.9 Å². The van der Waals surface area contributed by atoms with Crippen molar-refractivity contribution in [3.05, 3.63) is 29.8 Å². The second kappa shape index (κ2) is 14.5. The number of likely N-dealkylation sites (N-methyl/N-ethyl adjacent to an activating group) is 2. The van der Waals surface area contributed by atoms with Crippen molar-refractivity contribution >= 4 is 18.1 Å². The molecule has 1 rings (SSSR count). The average Bonchev–Trinajstić information content (AvgIpc) is 2.71. The number of para-hydroxylation sites is 1. The zero-order valence-electron chi connectivity index (χ0n) is 18.6. The summed E-state index contributed by atoms with van der Waals surface area (Å²) in [5, 5.41) is 8.93. The summed E-state index contributed by atoms with van der Waals surface area (Å²) in [6, 6.07) is 7.48. The van der Waals surface area contributed by atoms with E-state index < -0.39 is 0 Å². The fourth-order valence-corrected chi connectivity index (χ4v) is 3.00. The Morgan fingerprint density at radius 3 is 2.60 bits per heavy atom. The van der Waals surface area contributed by atoms with E-state index in [0.29, 0.717) is 26.2 Å². The molecule has 0 radical (unpaired) electrons. The molecule has 0 aromatic heterocycles. The SMILES string of the molecule is CNCC(=O)NCCCc1ccccc1OCCNC(C(=O)N(C)CC=O)C(C)C. The molecule has 2 amide bonds. The lowest BCUT2D eigenvalue weighted by Gasteiger charge is -2.26. The Kier molecular flexibility index (Phi) is 12.4. The van der Waals surface area contributed by atoms with E-state index in [1.807, 2.05) is 38.1 Å². The van der Waals surface area contributed by atoms with Crippen LogP contribution in [0, 0.1) is 5.92 Å². The van der Waals surface area contributed by atoms with E-state index in [1.165, 1.54) is 4.90 Å². The van der Waals surface area contributed by atoms with Crippen molar-refractivity contribution in [3.8, 4) is 5.75 Å². The second-order valence-electron chi connectivity index (χ2n) is 7.50. The molecule has 3 N–H and O–H groups in total. The second-order valence-corrected chi connectivity index (χ2v) is 7.50. The number of nitrogens with one attached hydrogen (secondary N) is 3. The zero-order valence-corrected chi connectivity index (χ0v) is 18.6. The van der Waals surface area contributed by atoms with Crippen molar-refractivity contribution in [3.63, 3.8) is 0 Å². The van der Waals surface area contributed by atoms with Crippen molar-refractivity contribution in [2.75, 3.05) is 46.9 Å². The van der Waals surface area contributed by atoms with Gasteiger partial charge in [0.2, 0.25) is 11.8 Å². The summed E-state index contributed by atoms with van der Waals surface area (Å²) < 4.78 is 5.93. The van der Waals surface area contributed by atoms with Crippen LogP contribution in [0.15, 0.2) is 24.3 Å². The molecule has 1 aromatic rings. The molecule has 0 aliphatic rings. The van der Waals surface area contributed by atoms with Gasteiger partial charge in [0.1, 0.15) is 18.6 Å². The van der Waals surface area contributed by atoms with Gasteiger partial charge >= 0.3 is 0 Å². The van der Waals surface area contributed by atoms with E-state index in [4.69, 9.17) is 4.74 Å². The average molecular weight is 421 g/mol. The number of ether oxygens (including phenoxy) is 1.